The summed E-state index contributed by atoms with van der Waals surface area (Å²) in [6.45, 7) is 5.91. The molecule has 1 aromatic carbocycles. The second-order valence-corrected chi connectivity index (χ2v) is 8.40. The van der Waals surface area contributed by atoms with Gasteiger partial charge in [-0.05, 0) is 25.0 Å². The van der Waals surface area contributed by atoms with Crippen LogP contribution in [0.4, 0.5) is 10.8 Å². The Hall–Kier alpha value is -2.36. The molecule has 8 nitrogen and oxygen atoms in total. The zero-order valence-electron chi connectivity index (χ0n) is 16.1. The maximum Gasteiger partial charge on any atom is 0.267 e. The fourth-order valence-electron chi connectivity index (χ4n) is 4.05. The lowest BCUT2D eigenvalue weighted by Gasteiger charge is -2.40. The molecule has 0 spiro atoms. The first-order valence-corrected chi connectivity index (χ1v) is 10.8. The van der Waals surface area contributed by atoms with Crippen LogP contribution in [-0.2, 0) is 4.74 Å². The van der Waals surface area contributed by atoms with E-state index in [2.05, 4.69) is 20.1 Å². The van der Waals surface area contributed by atoms with Gasteiger partial charge in [-0.1, -0.05) is 11.3 Å². The van der Waals surface area contributed by atoms with Crippen LogP contribution in [0, 0.1) is 0 Å². The number of amides is 1. The average Bonchev–Trinajstić information content (AvgIpc) is 3.44. The third kappa shape index (κ3) is 4.03. The van der Waals surface area contributed by atoms with Gasteiger partial charge in [0.2, 0.25) is 6.79 Å². The summed E-state index contributed by atoms with van der Waals surface area (Å²) < 4.78 is 16.1. The molecule has 0 saturated carbocycles. The van der Waals surface area contributed by atoms with Crippen molar-refractivity contribution >= 4 is 28.1 Å². The quantitative estimate of drug-likeness (QED) is 0.820. The first-order valence-electron chi connectivity index (χ1n) is 10.00. The predicted molar refractivity (Wildman–Crippen MR) is 110 cm³/mol. The zero-order chi connectivity index (χ0) is 19.6. The number of morpholine rings is 1. The fraction of sp³-hybridized carbons (Fsp3) is 0.500. The molecule has 1 N–H and O–H groups in total. The summed E-state index contributed by atoms with van der Waals surface area (Å²) in [4.78, 5) is 22.6. The van der Waals surface area contributed by atoms with Gasteiger partial charge in [0.25, 0.3) is 5.91 Å². The SMILES string of the molecule is O=C(Nc1ccc2c(c1)OCO2)c1cnc(N2CCC(N3CCOCC3)CC2)s1. The summed E-state index contributed by atoms with van der Waals surface area (Å²) in [6.07, 6.45) is 3.91. The molecule has 2 aromatic rings. The smallest absolute Gasteiger partial charge is 0.267 e. The molecule has 29 heavy (non-hydrogen) atoms. The molecule has 3 aliphatic heterocycles. The number of rotatable bonds is 4. The van der Waals surface area contributed by atoms with E-state index in [1.807, 2.05) is 6.07 Å². The number of carbonyl (C=O) groups excluding carboxylic acids is 1. The van der Waals surface area contributed by atoms with Gasteiger partial charge < -0.3 is 24.4 Å². The number of aromatic nitrogens is 1. The number of hydrogen-bond donors (Lipinski definition) is 1. The Morgan fingerprint density at radius 3 is 2.72 bits per heavy atom. The van der Waals surface area contributed by atoms with E-state index in [1.54, 1.807) is 18.3 Å². The Morgan fingerprint density at radius 1 is 1.10 bits per heavy atom. The maximum absolute atomic E-state index is 12.6. The van der Waals surface area contributed by atoms with E-state index in [-0.39, 0.29) is 12.7 Å². The molecule has 0 aliphatic carbocycles. The van der Waals surface area contributed by atoms with E-state index in [9.17, 15) is 4.79 Å². The van der Waals surface area contributed by atoms with Gasteiger partial charge in [-0.3, -0.25) is 9.69 Å². The van der Waals surface area contributed by atoms with Crippen LogP contribution in [0.1, 0.15) is 22.5 Å². The van der Waals surface area contributed by atoms with E-state index in [0.29, 0.717) is 28.1 Å². The Bertz CT molecular complexity index is 875. The van der Waals surface area contributed by atoms with Crippen molar-refractivity contribution in [3.63, 3.8) is 0 Å². The highest BCUT2D eigenvalue weighted by Crippen LogP contribution is 2.34. The number of benzene rings is 1. The number of piperidine rings is 1. The van der Waals surface area contributed by atoms with Crippen LogP contribution in [0.5, 0.6) is 11.5 Å². The van der Waals surface area contributed by atoms with Crippen LogP contribution in [0.3, 0.4) is 0 Å². The number of nitrogens with zero attached hydrogens (tertiary/aromatic N) is 3. The van der Waals surface area contributed by atoms with Crippen molar-refractivity contribution in [2.24, 2.45) is 0 Å². The maximum atomic E-state index is 12.6. The van der Waals surface area contributed by atoms with Crippen molar-refractivity contribution in [2.45, 2.75) is 18.9 Å². The number of carbonyl (C=O) groups is 1. The molecule has 4 heterocycles. The van der Waals surface area contributed by atoms with Gasteiger partial charge in [-0.2, -0.15) is 0 Å². The minimum atomic E-state index is -0.157. The first kappa shape index (κ1) is 18.7. The first-order chi connectivity index (χ1) is 14.3. The molecular weight excluding hydrogens is 392 g/mol. The van der Waals surface area contributed by atoms with Gasteiger partial charge in [0.15, 0.2) is 16.6 Å². The van der Waals surface area contributed by atoms with Gasteiger partial charge in [0, 0.05) is 44.0 Å². The lowest BCUT2D eigenvalue weighted by atomic mass is 10.0. The average molecular weight is 417 g/mol. The monoisotopic (exact) mass is 416 g/mol. The predicted octanol–water partition coefficient (Wildman–Crippen LogP) is 2.43. The van der Waals surface area contributed by atoms with Crippen LogP contribution >= 0.6 is 11.3 Å². The normalized spacial score (nSPS) is 20.1. The number of thiazole rings is 1. The van der Waals surface area contributed by atoms with Crippen LogP contribution in [0.25, 0.3) is 0 Å². The molecule has 9 heteroatoms. The third-order valence-corrected chi connectivity index (χ3v) is 6.70. The van der Waals surface area contributed by atoms with Crippen molar-refractivity contribution in [3.8, 4) is 11.5 Å². The molecule has 5 rings (SSSR count). The van der Waals surface area contributed by atoms with E-state index < -0.39 is 0 Å². The summed E-state index contributed by atoms with van der Waals surface area (Å²) in [5.74, 6) is 1.19. The number of fused-ring (bicyclic) bond motifs is 1. The zero-order valence-corrected chi connectivity index (χ0v) is 17.0. The molecule has 0 bridgehead atoms. The summed E-state index contributed by atoms with van der Waals surface area (Å²) in [6, 6.07) is 6.01. The Kier molecular flexibility index (Phi) is 5.26. The summed E-state index contributed by atoms with van der Waals surface area (Å²) in [5.41, 5.74) is 0.681. The molecule has 0 radical (unpaired) electrons. The Labute approximate surface area is 173 Å². The van der Waals surface area contributed by atoms with Crippen molar-refractivity contribution < 1.29 is 19.0 Å². The molecule has 154 valence electrons. The van der Waals surface area contributed by atoms with Gasteiger partial charge in [-0.15, -0.1) is 0 Å². The minimum absolute atomic E-state index is 0.157. The van der Waals surface area contributed by atoms with Crippen LogP contribution < -0.4 is 19.7 Å². The molecule has 2 fully saturated rings. The minimum Gasteiger partial charge on any atom is -0.454 e. The van der Waals surface area contributed by atoms with E-state index in [0.717, 1.165) is 57.4 Å². The second-order valence-electron chi connectivity index (χ2n) is 7.40. The molecule has 2 saturated heterocycles. The van der Waals surface area contributed by atoms with Gasteiger partial charge in [0.05, 0.1) is 19.4 Å². The number of nitrogens with one attached hydrogen (secondary N) is 1. The topological polar surface area (TPSA) is 76.2 Å². The largest absolute Gasteiger partial charge is 0.454 e. The van der Waals surface area contributed by atoms with Crippen LogP contribution in [-0.4, -0.2) is 68.0 Å². The highest BCUT2D eigenvalue weighted by atomic mass is 32.1. The fourth-order valence-corrected chi connectivity index (χ4v) is 4.91. The van der Waals surface area contributed by atoms with Gasteiger partial charge in [0.1, 0.15) is 4.88 Å². The lowest BCUT2D eigenvalue weighted by Crippen LogP contribution is -2.49. The molecular formula is C20H24N4O4S. The van der Waals surface area contributed by atoms with Crippen LogP contribution in [0.15, 0.2) is 24.4 Å². The summed E-state index contributed by atoms with van der Waals surface area (Å²) in [5, 5.41) is 3.83. The van der Waals surface area contributed by atoms with Gasteiger partial charge >= 0.3 is 0 Å². The number of ether oxygens (including phenoxy) is 3. The third-order valence-electron chi connectivity index (χ3n) is 5.64. The molecule has 1 aromatic heterocycles. The molecule has 0 atom stereocenters. The molecule has 1 amide bonds. The second kappa shape index (κ2) is 8.17. The van der Waals surface area contributed by atoms with Crippen LogP contribution in [0.2, 0.25) is 0 Å². The Balaban J connectivity index is 1.18. The molecule has 3 aliphatic rings. The lowest BCUT2D eigenvalue weighted by molar-refractivity contribution is 0.0115. The van der Waals surface area contributed by atoms with Crippen molar-refractivity contribution in [1.82, 2.24) is 9.88 Å². The molecule has 0 unspecified atom stereocenters. The Morgan fingerprint density at radius 2 is 1.90 bits per heavy atom. The van der Waals surface area contributed by atoms with Crippen molar-refractivity contribution in [2.75, 3.05) is 56.4 Å². The highest BCUT2D eigenvalue weighted by Gasteiger charge is 2.27. The summed E-state index contributed by atoms with van der Waals surface area (Å²) in [7, 11) is 0. The van der Waals surface area contributed by atoms with Crippen molar-refractivity contribution in [3.05, 3.63) is 29.3 Å². The van der Waals surface area contributed by atoms with E-state index >= 15 is 0 Å². The number of anilines is 2. The van der Waals surface area contributed by atoms with E-state index in [4.69, 9.17) is 14.2 Å². The van der Waals surface area contributed by atoms with E-state index in [1.165, 1.54) is 11.3 Å². The number of hydrogen-bond acceptors (Lipinski definition) is 8. The van der Waals surface area contributed by atoms with Gasteiger partial charge in [-0.25, -0.2) is 4.98 Å². The standard InChI is InChI=1S/C20H24N4O4S/c25-19(22-14-1-2-16-17(11-14)28-13-27-16)18-12-21-20(29-18)24-5-3-15(4-6-24)23-7-9-26-10-8-23/h1-2,11-12,15H,3-10,13H2,(H,22,25). The highest BCUT2D eigenvalue weighted by molar-refractivity contribution is 7.17. The van der Waals surface area contributed by atoms with Crippen molar-refractivity contribution in [1.29, 1.82) is 0 Å². The summed E-state index contributed by atoms with van der Waals surface area (Å²) >= 11 is 1.44.